The van der Waals surface area contributed by atoms with Crippen LogP contribution < -0.4 is 0 Å². The molecule has 10 atom stereocenters. The second-order valence-corrected chi connectivity index (χ2v) is 32.6. The molecule has 406 valence electrons. The molecule has 4 aliphatic heterocycles. The number of likely N-dealkylation sites (tertiary alicyclic amines) is 1. The van der Waals surface area contributed by atoms with Gasteiger partial charge in [-0.05, 0) is 97.1 Å². The molecule has 0 unspecified atom stereocenters. The lowest BCUT2D eigenvalue weighted by Gasteiger charge is -2.45. The molecular formula is C61H121NO6. The third-order valence-corrected chi connectivity index (χ3v) is 15.5. The smallest absolute Gasteiger partial charge is 0.222 e. The van der Waals surface area contributed by atoms with Crippen LogP contribution >= 0.6 is 0 Å². The van der Waals surface area contributed by atoms with Gasteiger partial charge >= 0.3 is 0 Å². The van der Waals surface area contributed by atoms with Gasteiger partial charge in [0.1, 0.15) is 6.79 Å². The van der Waals surface area contributed by atoms with Crippen molar-refractivity contribution in [3.05, 3.63) is 0 Å². The van der Waals surface area contributed by atoms with Crippen LogP contribution in [0.3, 0.4) is 0 Å². The highest BCUT2D eigenvalue weighted by Crippen LogP contribution is 2.51. The van der Waals surface area contributed by atoms with E-state index in [1.54, 1.807) is 0 Å². The molecule has 5 rings (SSSR count). The third kappa shape index (κ3) is 19.9. The number of nitrogens with zero attached hydrogens (tertiary/aromatic N) is 1. The minimum absolute atomic E-state index is 0.151. The van der Waals surface area contributed by atoms with E-state index >= 15 is 0 Å². The van der Waals surface area contributed by atoms with Crippen LogP contribution in [-0.2, 0) is 28.5 Å². The van der Waals surface area contributed by atoms with Crippen molar-refractivity contribution in [1.82, 2.24) is 4.90 Å². The summed E-state index contributed by atoms with van der Waals surface area (Å²) in [7, 11) is 1.95. The minimum atomic E-state index is 0.151. The molecule has 0 bridgehead atoms. The standard InChI is InChI=1S/C13H25NO.C13H26.C12H24O2.C12H24O.C11H22O2/c1-12(2,3)9-8-10(15)14(7)11(9)13(4,5)6;1-12(2,3)10-8-7-9-11(10)13(4,5)6;1-11(2,3)9-10(12(4,5)6)14-8-7-13-9;1-11(2,3)9-7-8-13-10(9)12(4,5)6;1-10(2,3)8-9(11(4,5)6)13-7-12-8/h9,11H,8H2,1-7H3;10-11H,7-9H2,1-6H3;9-10H,7-8H2,1-6H3;9-10H,7-8H2,1-6H3;8-9H,7H2,1-6H3/t9-,11+;10-,11+;2*9-,10+;8-,9+/m1..1./s1. The lowest BCUT2D eigenvalue weighted by atomic mass is 9.66. The van der Waals surface area contributed by atoms with Crippen LogP contribution in [0.25, 0.3) is 0 Å². The highest BCUT2D eigenvalue weighted by molar-refractivity contribution is 5.79. The molecule has 0 aromatic heterocycles. The van der Waals surface area contributed by atoms with Crippen molar-refractivity contribution >= 4 is 5.91 Å². The zero-order valence-electron chi connectivity index (χ0n) is 51.5. The fourth-order valence-electron chi connectivity index (χ4n) is 11.9. The molecule has 0 spiro atoms. The van der Waals surface area contributed by atoms with Gasteiger partial charge in [-0.2, -0.15) is 0 Å². The molecule has 5 fully saturated rings. The first-order valence-corrected chi connectivity index (χ1v) is 27.3. The minimum Gasteiger partial charge on any atom is -0.377 e. The summed E-state index contributed by atoms with van der Waals surface area (Å²) in [6.45, 7) is 71.0. The second-order valence-electron chi connectivity index (χ2n) is 32.6. The van der Waals surface area contributed by atoms with Crippen LogP contribution in [-0.4, -0.2) is 81.0 Å². The number of ether oxygens (including phenoxy) is 5. The number of carbonyl (C=O) groups is 1. The van der Waals surface area contributed by atoms with Crippen molar-refractivity contribution in [2.75, 3.05) is 33.7 Å². The van der Waals surface area contributed by atoms with E-state index in [4.69, 9.17) is 23.7 Å². The summed E-state index contributed by atoms with van der Waals surface area (Å²) < 4.78 is 28.8. The van der Waals surface area contributed by atoms with Crippen molar-refractivity contribution in [3.63, 3.8) is 0 Å². The van der Waals surface area contributed by atoms with Gasteiger partial charge in [-0.25, -0.2) is 0 Å². The maximum atomic E-state index is 11.8. The van der Waals surface area contributed by atoms with Gasteiger partial charge in [0.2, 0.25) is 5.91 Å². The van der Waals surface area contributed by atoms with Gasteiger partial charge in [0.15, 0.2) is 0 Å². The molecule has 0 radical (unpaired) electrons. The van der Waals surface area contributed by atoms with E-state index in [2.05, 4.69) is 208 Å². The Bertz CT molecular complexity index is 1300. The summed E-state index contributed by atoms with van der Waals surface area (Å²) in [6.07, 6.45) is 7.56. The molecule has 1 saturated carbocycles. The predicted molar refractivity (Wildman–Crippen MR) is 292 cm³/mol. The van der Waals surface area contributed by atoms with Gasteiger partial charge in [0, 0.05) is 26.1 Å². The number of amides is 1. The first-order valence-electron chi connectivity index (χ1n) is 27.3. The SMILES string of the molecule is CC(C)(C)[C@@H]1CCC[C@@H]1C(C)(C)C.CC(C)(C)[C@@H]1CCO[C@@H]1C(C)(C)C.CC(C)(C)[C@@H]1OCCO[C@@H]1C(C)(C)C.CC(C)(C)[C@@H]1OCO[C@@H]1C(C)(C)C.CN1C(=O)C[C@@H](C(C)(C)C)[C@H]1C(C)(C)C. The Balaban J connectivity index is 0.000000425. The average molecular weight is 965 g/mol. The summed E-state index contributed by atoms with van der Waals surface area (Å²) in [6, 6.07) is 0.366. The molecule has 68 heavy (non-hydrogen) atoms. The quantitative estimate of drug-likeness (QED) is 0.241. The summed E-state index contributed by atoms with van der Waals surface area (Å²) in [4.78, 5) is 13.8. The Hall–Kier alpha value is -0.730. The molecule has 0 aromatic rings. The van der Waals surface area contributed by atoms with Gasteiger partial charge in [0.25, 0.3) is 0 Å². The van der Waals surface area contributed by atoms with E-state index in [-0.39, 0.29) is 62.3 Å². The number of hydrogen-bond acceptors (Lipinski definition) is 6. The zero-order chi connectivity index (χ0) is 53.8. The maximum Gasteiger partial charge on any atom is 0.222 e. The van der Waals surface area contributed by atoms with Gasteiger partial charge in [-0.15, -0.1) is 0 Å². The molecular weight excluding hydrogens is 843 g/mol. The van der Waals surface area contributed by atoms with Crippen molar-refractivity contribution in [3.8, 4) is 0 Å². The van der Waals surface area contributed by atoms with E-state index in [0.717, 1.165) is 31.7 Å². The molecule has 5 aliphatic rings. The van der Waals surface area contributed by atoms with Crippen molar-refractivity contribution in [1.29, 1.82) is 0 Å². The normalized spacial score (nSPS) is 30.3. The van der Waals surface area contributed by atoms with Crippen LogP contribution in [0.15, 0.2) is 0 Å². The first kappa shape index (κ1) is 65.3. The molecule has 4 heterocycles. The molecule has 1 aliphatic carbocycles. The highest BCUT2D eigenvalue weighted by Gasteiger charge is 2.49. The van der Waals surface area contributed by atoms with Gasteiger partial charge < -0.3 is 28.6 Å². The van der Waals surface area contributed by atoms with Crippen LogP contribution in [0, 0.1) is 77.8 Å². The van der Waals surface area contributed by atoms with E-state index in [0.29, 0.717) is 59.3 Å². The predicted octanol–water partition coefficient (Wildman–Crippen LogP) is 16.6. The molecule has 0 N–H and O–H groups in total. The summed E-state index contributed by atoms with van der Waals surface area (Å²) in [5.41, 5.74) is 2.68. The molecule has 7 nitrogen and oxygen atoms in total. The van der Waals surface area contributed by atoms with Crippen LogP contribution in [0.1, 0.15) is 240 Å². The first-order chi connectivity index (χ1) is 30.0. The van der Waals surface area contributed by atoms with E-state index in [1.807, 2.05) is 11.9 Å². The van der Waals surface area contributed by atoms with E-state index < -0.39 is 0 Å². The molecule has 4 saturated heterocycles. The molecule has 7 heteroatoms. The summed E-state index contributed by atoms with van der Waals surface area (Å²) in [5, 5.41) is 0. The lowest BCUT2D eigenvalue weighted by molar-refractivity contribution is -0.204. The third-order valence-electron chi connectivity index (χ3n) is 15.5. The van der Waals surface area contributed by atoms with Gasteiger partial charge in [-0.1, -0.05) is 214 Å². The highest BCUT2D eigenvalue weighted by atomic mass is 16.7. The molecule has 0 aromatic carbocycles. The lowest BCUT2D eigenvalue weighted by Crippen LogP contribution is -2.52. The second kappa shape index (κ2) is 23.6. The monoisotopic (exact) mass is 964 g/mol. The van der Waals surface area contributed by atoms with Crippen LogP contribution in [0.5, 0.6) is 0 Å². The Morgan fingerprint density at radius 2 is 0.632 bits per heavy atom. The van der Waals surface area contributed by atoms with Crippen molar-refractivity contribution in [2.45, 2.75) is 276 Å². The summed E-state index contributed by atoms with van der Waals surface area (Å²) in [5.74, 6) is 3.36. The number of hydrogen-bond donors (Lipinski definition) is 0. The van der Waals surface area contributed by atoms with Gasteiger partial charge in [0.05, 0.1) is 43.7 Å². The van der Waals surface area contributed by atoms with Crippen molar-refractivity contribution in [2.24, 2.45) is 77.8 Å². The molecule has 1 amide bonds. The van der Waals surface area contributed by atoms with E-state index in [9.17, 15) is 4.79 Å². The Morgan fingerprint density at radius 3 is 0.882 bits per heavy atom. The Morgan fingerprint density at radius 1 is 0.338 bits per heavy atom. The Kier molecular flexibility index (Phi) is 22.7. The number of rotatable bonds is 0. The summed E-state index contributed by atoms with van der Waals surface area (Å²) >= 11 is 0. The fourth-order valence-corrected chi connectivity index (χ4v) is 11.9. The number of carbonyl (C=O) groups excluding carboxylic acids is 1. The largest absolute Gasteiger partial charge is 0.377 e. The van der Waals surface area contributed by atoms with Crippen molar-refractivity contribution < 1.29 is 28.5 Å². The Labute approximate surface area is 425 Å². The topological polar surface area (TPSA) is 66.5 Å². The van der Waals surface area contributed by atoms with Crippen LogP contribution in [0.2, 0.25) is 0 Å². The fraction of sp³-hybridized carbons (Fsp3) is 0.984. The van der Waals surface area contributed by atoms with Crippen LogP contribution in [0.4, 0.5) is 0 Å². The maximum absolute atomic E-state index is 11.8. The average Bonchev–Trinajstić information content (AvgIpc) is 3.93. The zero-order valence-corrected chi connectivity index (χ0v) is 51.5. The van der Waals surface area contributed by atoms with E-state index in [1.165, 1.54) is 25.7 Å². The van der Waals surface area contributed by atoms with Gasteiger partial charge in [-0.3, -0.25) is 4.79 Å².